The van der Waals surface area contributed by atoms with E-state index in [9.17, 15) is 9.90 Å². The molecular weight excluding hydrogens is 216 g/mol. The number of carboxylic acids is 1. The molecule has 0 atom stereocenters. The lowest BCUT2D eigenvalue weighted by molar-refractivity contribution is -0.143. The van der Waals surface area contributed by atoms with Gasteiger partial charge in [0.05, 0.1) is 12.0 Å². The summed E-state index contributed by atoms with van der Waals surface area (Å²) in [6.45, 7) is 0.570. The van der Waals surface area contributed by atoms with Crippen molar-refractivity contribution in [3.8, 4) is 0 Å². The van der Waals surface area contributed by atoms with E-state index in [0.717, 1.165) is 36.8 Å². The largest absolute Gasteiger partial charge is 0.481 e. The van der Waals surface area contributed by atoms with Crippen LogP contribution in [0.2, 0.25) is 0 Å². The van der Waals surface area contributed by atoms with Gasteiger partial charge in [0.2, 0.25) is 0 Å². The van der Waals surface area contributed by atoms with E-state index >= 15 is 0 Å². The Kier molecular flexibility index (Phi) is 3.48. The van der Waals surface area contributed by atoms with Crippen LogP contribution in [0, 0.1) is 0 Å². The molecule has 0 heterocycles. The minimum atomic E-state index is -0.686. The number of aliphatic carboxylic acids is 1. The minimum absolute atomic E-state index is 0.570. The summed E-state index contributed by atoms with van der Waals surface area (Å²) < 4.78 is 5.05. The Morgan fingerprint density at radius 3 is 2.35 bits per heavy atom. The van der Waals surface area contributed by atoms with Crippen molar-refractivity contribution in [1.29, 1.82) is 0 Å². The number of carboxylic acid groups (broad SMARTS) is 1. The zero-order valence-corrected chi connectivity index (χ0v) is 10.1. The summed E-state index contributed by atoms with van der Waals surface area (Å²) in [5, 5.41) is 9.47. The normalized spacial score (nSPS) is 18.2. The molecule has 1 saturated carbocycles. The van der Waals surface area contributed by atoms with E-state index in [1.54, 1.807) is 7.11 Å². The summed E-state index contributed by atoms with van der Waals surface area (Å²) in [5.74, 6) is -0.686. The molecule has 1 aromatic carbocycles. The molecule has 1 aromatic rings. The number of methoxy groups -OCH3 is 1. The van der Waals surface area contributed by atoms with Crippen molar-refractivity contribution in [2.45, 2.75) is 37.7 Å². The van der Waals surface area contributed by atoms with Gasteiger partial charge >= 0.3 is 5.97 Å². The molecule has 1 aliphatic rings. The Hall–Kier alpha value is -1.35. The number of hydrogen-bond donors (Lipinski definition) is 1. The highest BCUT2D eigenvalue weighted by molar-refractivity contribution is 5.81. The molecule has 17 heavy (non-hydrogen) atoms. The monoisotopic (exact) mass is 234 g/mol. The van der Waals surface area contributed by atoms with Crippen LogP contribution >= 0.6 is 0 Å². The van der Waals surface area contributed by atoms with Gasteiger partial charge in [-0.05, 0) is 24.0 Å². The molecular formula is C14H18O3. The number of carbonyl (C=O) groups is 1. The van der Waals surface area contributed by atoms with Crippen molar-refractivity contribution in [2.75, 3.05) is 7.11 Å². The molecule has 1 aliphatic carbocycles. The quantitative estimate of drug-likeness (QED) is 0.871. The fourth-order valence-corrected chi connectivity index (χ4v) is 2.69. The SMILES string of the molecule is COCc1ccc(C2(C(=O)O)CCCC2)cc1. The molecule has 0 unspecified atom stereocenters. The molecule has 0 saturated heterocycles. The Bertz CT molecular complexity index is 388. The van der Waals surface area contributed by atoms with Gasteiger partial charge in [0.25, 0.3) is 0 Å². The van der Waals surface area contributed by atoms with Crippen LogP contribution in [0.3, 0.4) is 0 Å². The van der Waals surface area contributed by atoms with E-state index in [0.29, 0.717) is 6.61 Å². The van der Waals surface area contributed by atoms with Crippen LogP contribution in [-0.4, -0.2) is 18.2 Å². The molecule has 1 fully saturated rings. The summed E-state index contributed by atoms with van der Waals surface area (Å²) in [5.41, 5.74) is 1.36. The molecule has 3 heteroatoms. The van der Waals surface area contributed by atoms with Gasteiger partial charge in [-0.3, -0.25) is 4.79 Å². The Morgan fingerprint density at radius 2 is 1.88 bits per heavy atom. The maximum absolute atomic E-state index is 11.5. The van der Waals surface area contributed by atoms with E-state index in [2.05, 4.69) is 0 Å². The zero-order valence-electron chi connectivity index (χ0n) is 10.1. The summed E-state index contributed by atoms with van der Waals surface area (Å²) in [6.07, 6.45) is 3.52. The van der Waals surface area contributed by atoms with Crippen molar-refractivity contribution in [3.63, 3.8) is 0 Å². The van der Waals surface area contributed by atoms with E-state index in [4.69, 9.17) is 4.74 Å². The number of hydrogen-bond acceptors (Lipinski definition) is 2. The van der Waals surface area contributed by atoms with Gasteiger partial charge < -0.3 is 9.84 Å². The molecule has 0 radical (unpaired) electrons. The van der Waals surface area contributed by atoms with Gasteiger partial charge in [0, 0.05) is 7.11 Å². The van der Waals surface area contributed by atoms with E-state index in [1.165, 1.54) is 0 Å². The average molecular weight is 234 g/mol. The van der Waals surface area contributed by atoms with Crippen LogP contribution < -0.4 is 0 Å². The Labute approximate surface area is 101 Å². The second kappa shape index (κ2) is 4.88. The van der Waals surface area contributed by atoms with E-state index in [1.807, 2.05) is 24.3 Å². The van der Waals surface area contributed by atoms with Gasteiger partial charge in [-0.15, -0.1) is 0 Å². The highest BCUT2D eigenvalue weighted by atomic mass is 16.5. The van der Waals surface area contributed by atoms with Crippen molar-refractivity contribution in [2.24, 2.45) is 0 Å². The molecule has 92 valence electrons. The fraction of sp³-hybridized carbons (Fsp3) is 0.500. The van der Waals surface area contributed by atoms with E-state index < -0.39 is 11.4 Å². The molecule has 3 nitrogen and oxygen atoms in total. The third-order valence-corrected chi connectivity index (χ3v) is 3.68. The average Bonchev–Trinajstić information content (AvgIpc) is 2.81. The smallest absolute Gasteiger partial charge is 0.314 e. The third-order valence-electron chi connectivity index (χ3n) is 3.68. The number of ether oxygens (including phenoxy) is 1. The topological polar surface area (TPSA) is 46.5 Å². The first-order chi connectivity index (χ1) is 8.19. The fourth-order valence-electron chi connectivity index (χ4n) is 2.69. The standard InChI is InChI=1S/C14H18O3/c1-17-10-11-4-6-12(7-5-11)14(13(15)16)8-2-3-9-14/h4-7H,2-3,8-10H2,1H3,(H,15,16). The van der Waals surface area contributed by atoms with Gasteiger partial charge in [-0.25, -0.2) is 0 Å². The van der Waals surface area contributed by atoms with Gasteiger partial charge in [-0.2, -0.15) is 0 Å². The summed E-state index contributed by atoms with van der Waals surface area (Å²) in [7, 11) is 1.66. The van der Waals surface area contributed by atoms with Crippen LogP contribution in [-0.2, 0) is 21.6 Å². The summed E-state index contributed by atoms with van der Waals surface area (Å²) in [6, 6.07) is 7.80. The minimum Gasteiger partial charge on any atom is -0.481 e. The third kappa shape index (κ3) is 2.20. The zero-order chi connectivity index (χ0) is 12.3. The molecule has 0 spiro atoms. The molecule has 2 rings (SSSR count). The predicted molar refractivity (Wildman–Crippen MR) is 64.9 cm³/mol. The second-order valence-corrected chi connectivity index (χ2v) is 4.72. The first kappa shape index (κ1) is 12.1. The molecule has 0 aromatic heterocycles. The Morgan fingerprint density at radius 1 is 1.29 bits per heavy atom. The predicted octanol–water partition coefficient (Wildman–Crippen LogP) is 2.73. The van der Waals surface area contributed by atoms with Crippen molar-refractivity contribution in [1.82, 2.24) is 0 Å². The van der Waals surface area contributed by atoms with Crippen LogP contribution in [0.15, 0.2) is 24.3 Å². The van der Waals surface area contributed by atoms with Crippen LogP contribution in [0.5, 0.6) is 0 Å². The maximum atomic E-state index is 11.5. The first-order valence-corrected chi connectivity index (χ1v) is 6.01. The van der Waals surface area contributed by atoms with Crippen LogP contribution in [0.1, 0.15) is 36.8 Å². The molecule has 0 aliphatic heterocycles. The van der Waals surface area contributed by atoms with E-state index in [-0.39, 0.29) is 0 Å². The number of benzene rings is 1. The molecule has 1 N–H and O–H groups in total. The van der Waals surface area contributed by atoms with Crippen molar-refractivity contribution >= 4 is 5.97 Å². The highest BCUT2D eigenvalue weighted by Crippen LogP contribution is 2.41. The molecule has 0 bridgehead atoms. The highest BCUT2D eigenvalue weighted by Gasteiger charge is 2.42. The Balaban J connectivity index is 2.28. The van der Waals surface area contributed by atoms with Crippen LogP contribution in [0.25, 0.3) is 0 Å². The summed E-state index contributed by atoms with van der Waals surface area (Å²) in [4.78, 5) is 11.5. The maximum Gasteiger partial charge on any atom is 0.314 e. The lowest BCUT2D eigenvalue weighted by Crippen LogP contribution is -2.32. The second-order valence-electron chi connectivity index (χ2n) is 4.72. The van der Waals surface area contributed by atoms with Gasteiger partial charge in [0.1, 0.15) is 0 Å². The van der Waals surface area contributed by atoms with Crippen molar-refractivity contribution in [3.05, 3.63) is 35.4 Å². The molecule has 0 amide bonds. The first-order valence-electron chi connectivity index (χ1n) is 6.01. The van der Waals surface area contributed by atoms with Gasteiger partial charge in [0.15, 0.2) is 0 Å². The lowest BCUT2D eigenvalue weighted by Gasteiger charge is -2.24. The number of rotatable bonds is 4. The lowest BCUT2D eigenvalue weighted by atomic mass is 9.79. The van der Waals surface area contributed by atoms with Crippen LogP contribution in [0.4, 0.5) is 0 Å². The summed E-state index contributed by atoms with van der Waals surface area (Å²) >= 11 is 0. The van der Waals surface area contributed by atoms with Gasteiger partial charge in [-0.1, -0.05) is 37.1 Å². The van der Waals surface area contributed by atoms with Crippen molar-refractivity contribution < 1.29 is 14.6 Å².